The molecule has 0 bridgehead atoms. The molecule has 0 heterocycles. The van der Waals surface area contributed by atoms with Gasteiger partial charge < -0.3 is 20.6 Å². The first kappa shape index (κ1) is 19.0. The highest BCUT2D eigenvalue weighted by molar-refractivity contribution is 5.85. The van der Waals surface area contributed by atoms with E-state index in [1.807, 2.05) is 0 Å². The van der Waals surface area contributed by atoms with Gasteiger partial charge in [-0.05, 0) is 30.5 Å². The molecule has 0 saturated heterocycles. The van der Waals surface area contributed by atoms with Gasteiger partial charge in [-0.3, -0.25) is 9.79 Å². The third kappa shape index (κ3) is 4.61. The number of carbonyl (C=O) groups excluding carboxylic acids is 1. The molecule has 25 heavy (non-hydrogen) atoms. The van der Waals surface area contributed by atoms with Crippen LogP contribution in [-0.4, -0.2) is 49.6 Å². The van der Waals surface area contributed by atoms with Crippen molar-refractivity contribution in [3.63, 3.8) is 0 Å². The van der Waals surface area contributed by atoms with Crippen LogP contribution in [0.15, 0.2) is 23.2 Å². The Morgan fingerprint density at radius 1 is 1.32 bits per heavy atom. The molecule has 0 aromatic heterocycles. The first-order valence-electron chi connectivity index (χ1n) is 8.51. The number of carbonyl (C=O) groups is 1. The van der Waals surface area contributed by atoms with Gasteiger partial charge in [0.15, 0.2) is 17.5 Å². The number of hydrogen-bond donors (Lipinski definition) is 3. The summed E-state index contributed by atoms with van der Waals surface area (Å²) < 4.78 is 13.4. The molecular formula is C18H27FN4O2. The number of guanidine groups is 1. The number of aliphatic imine (C=N–C) groups is 1. The van der Waals surface area contributed by atoms with Crippen molar-refractivity contribution in [2.24, 2.45) is 10.4 Å². The van der Waals surface area contributed by atoms with Gasteiger partial charge in [-0.1, -0.05) is 18.9 Å². The molecule has 0 aliphatic heterocycles. The van der Waals surface area contributed by atoms with Crippen LogP contribution in [0, 0.1) is 11.2 Å². The zero-order valence-electron chi connectivity index (χ0n) is 15.1. The van der Waals surface area contributed by atoms with Crippen LogP contribution >= 0.6 is 0 Å². The number of hydrogen-bond acceptors (Lipinski definition) is 3. The standard InChI is InChI=1S/C18H27FN4O2/c1-20-17(21-11-13-6-7-15(24)14(19)10-13)22-12-18(8-4-5-9-18)16(25)23(2)3/h6-7,10,24H,4-5,8-9,11-12H2,1-3H3,(H2,20,21,22). The first-order valence-corrected chi connectivity index (χ1v) is 8.51. The van der Waals surface area contributed by atoms with Crippen LogP contribution in [0.25, 0.3) is 0 Å². The van der Waals surface area contributed by atoms with Gasteiger partial charge in [-0.2, -0.15) is 0 Å². The molecule has 7 heteroatoms. The van der Waals surface area contributed by atoms with Crippen molar-refractivity contribution < 1.29 is 14.3 Å². The first-order chi connectivity index (χ1) is 11.9. The highest BCUT2D eigenvalue weighted by Gasteiger charge is 2.42. The van der Waals surface area contributed by atoms with Crippen LogP contribution in [0.1, 0.15) is 31.2 Å². The van der Waals surface area contributed by atoms with Gasteiger partial charge >= 0.3 is 0 Å². The molecule has 0 atom stereocenters. The van der Waals surface area contributed by atoms with Gasteiger partial charge in [0.2, 0.25) is 5.91 Å². The summed E-state index contributed by atoms with van der Waals surface area (Å²) in [5.41, 5.74) is 0.310. The Morgan fingerprint density at radius 3 is 2.56 bits per heavy atom. The molecule has 0 radical (unpaired) electrons. The van der Waals surface area contributed by atoms with Gasteiger partial charge in [0.25, 0.3) is 0 Å². The number of phenolic OH excluding ortho intramolecular Hbond substituents is 1. The second-order valence-corrected chi connectivity index (χ2v) is 6.75. The normalized spacial score (nSPS) is 16.6. The molecule has 1 saturated carbocycles. The SMILES string of the molecule is CN=C(NCc1ccc(O)c(F)c1)NCC1(C(=O)N(C)C)CCCC1. The summed E-state index contributed by atoms with van der Waals surface area (Å²) in [5.74, 6) is -0.305. The Hall–Kier alpha value is -2.31. The maximum Gasteiger partial charge on any atom is 0.230 e. The number of nitrogens with zero attached hydrogens (tertiary/aromatic N) is 2. The average Bonchev–Trinajstić information content (AvgIpc) is 3.07. The van der Waals surface area contributed by atoms with E-state index in [0.717, 1.165) is 25.7 Å². The Kier molecular flexibility index (Phi) is 6.22. The van der Waals surface area contributed by atoms with Crippen molar-refractivity contribution >= 4 is 11.9 Å². The lowest BCUT2D eigenvalue weighted by atomic mass is 9.84. The summed E-state index contributed by atoms with van der Waals surface area (Å²) in [4.78, 5) is 18.4. The number of halogens is 1. The molecular weight excluding hydrogens is 323 g/mol. The van der Waals surface area contributed by atoms with Gasteiger partial charge in [-0.15, -0.1) is 0 Å². The lowest BCUT2D eigenvalue weighted by molar-refractivity contribution is -0.138. The predicted molar refractivity (Wildman–Crippen MR) is 95.9 cm³/mol. The van der Waals surface area contributed by atoms with Crippen LogP contribution in [0.2, 0.25) is 0 Å². The summed E-state index contributed by atoms with van der Waals surface area (Å²) in [5, 5.41) is 15.6. The molecule has 1 amide bonds. The second kappa shape index (κ2) is 8.18. The number of amides is 1. The molecule has 1 aromatic rings. The van der Waals surface area contributed by atoms with Crippen molar-refractivity contribution in [2.45, 2.75) is 32.2 Å². The topological polar surface area (TPSA) is 77.0 Å². The van der Waals surface area contributed by atoms with E-state index in [1.54, 1.807) is 32.1 Å². The van der Waals surface area contributed by atoms with E-state index in [1.165, 1.54) is 12.1 Å². The monoisotopic (exact) mass is 350 g/mol. The third-order valence-corrected chi connectivity index (χ3v) is 4.71. The Bertz CT molecular complexity index is 640. The van der Waals surface area contributed by atoms with Gasteiger partial charge in [0.1, 0.15) is 0 Å². The second-order valence-electron chi connectivity index (χ2n) is 6.75. The minimum atomic E-state index is -0.649. The molecule has 1 aromatic carbocycles. The fraction of sp³-hybridized carbons (Fsp3) is 0.556. The summed E-state index contributed by atoms with van der Waals surface area (Å²) in [6, 6.07) is 4.25. The summed E-state index contributed by atoms with van der Waals surface area (Å²) in [7, 11) is 5.23. The predicted octanol–water partition coefficient (Wildman–Crippen LogP) is 1.84. The Morgan fingerprint density at radius 2 is 2.00 bits per heavy atom. The highest BCUT2D eigenvalue weighted by atomic mass is 19.1. The van der Waals surface area contributed by atoms with Gasteiger partial charge in [0, 0.05) is 34.2 Å². The minimum Gasteiger partial charge on any atom is -0.505 e. The molecule has 0 spiro atoms. The molecule has 1 fully saturated rings. The van der Waals surface area contributed by atoms with Crippen LogP contribution in [0.3, 0.4) is 0 Å². The quantitative estimate of drug-likeness (QED) is 0.559. The molecule has 1 aliphatic rings. The molecule has 3 N–H and O–H groups in total. The fourth-order valence-electron chi connectivity index (χ4n) is 3.31. The van der Waals surface area contributed by atoms with E-state index < -0.39 is 5.82 Å². The molecule has 1 aliphatic carbocycles. The van der Waals surface area contributed by atoms with Gasteiger partial charge in [0.05, 0.1) is 5.41 Å². The molecule has 2 rings (SSSR count). The number of phenols is 1. The zero-order valence-corrected chi connectivity index (χ0v) is 15.1. The van der Waals surface area contributed by atoms with Crippen molar-refractivity contribution in [3.8, 4) is 5.75 Å². The maximum absolute atomic E-state index is 13.4. The highest BCUT2D eigenvalue weighted by Crippen LogP contribution is 2.38. The lowest BCUT2D eigenvalue weighted by Crippen LogP contribution is -2.49. The zero-order chi connectivity index (χ0) is 18.4. The van der Waals surface area contributed by atoms with Crippen molar-refractivity contribution in [1.29, 1.82) is 0 Å². The molecule has 0 unspecified atom stereocenters. The van der Waals surface area contributed by atoms with Crippen LogP contribution in [0.4, 0.5) is 4.39 Å². The van der Waals surface area contributed by atoms with Crippen LogP contribution < -0.4 is 10.6 Å². The minimum absolute atomic E-state index is 0.147. The Balaban J connectivity index is 1.95. The number of benzene rings is 1. The van der Waals surface area contributed by atoms with Crippen LogP contribution in [0.5, 0.6) is 5.75 Å². The number of rotatable bonds is 5. The molecule has 138 valence electrons. The van der Waals surface area contributed by atoms with E-state index in [-0.39, 0.29) is 17.1 Å². The van der Waals surface area contributed by atoms with Crippen LogP contribution in [-0.2, 0) is 11.3 Å². The third-order valence-electron chi connectivity index (χ3n) is 4.71. The largest absolute Gasteiger partial charge is 0.505 e. The number of nitrogens with one attached hydrogen (secondary N) is 2. The lowest BCUT2D eigenvalue weighted by Gasteiger charge is -2.31. The van der Waals surface area contributed by atoms with E-state index in [2.05, 4.69) is 15.6 Å². The molecule has 6 nitrogen and oxygen atoms in total. The van der Waals surface area contributed by atoms with Crippen molar-refractivity contribution in [3.05, 3.63) is 29.6 Å². The summed E-state index contributed by atoms with van der Waals surface area (Å²) in [6.07, 6.45) is 3.86. The van der Waals surface area contributed by atoms with Crippen molar-refractivity contribution in [2.75, 3.05) is 27.7 Å². The van der Waals surface area contributed by atoms with E-state index in [0.29, 0.717) is 24.6 Å². The van der Waals surface area contributed by atoms with E-state index in [9.17, 15) is 14.3 Å². The van der Waals surface area contributed by atoms with Gasteiger partial charge in [-0.25, -0.2) is 4.39 Å². The smallest absolute Gasteiger partial charge is 0.230 e. The van der Waals surface area contributed by atoms with E-state index >= 15 is 0 Å². The Labute approximate surface area is 148 Å². The average molecular weight is 350 g/mol. The van der Waals surface area contributed by atoms with Crippen molar-refractivity contribution in [1.82, 2.24) is 15.5 Å². The maximum atomic E-state index is 13.4. The number of aromatic hydroxyl groups is 1. The fourth-order valence-corrected chi connectivity index (χ4v) is 3.31. The summed E-state index contributed by atoms with van der Waals surface area (Å²) >= 11 is 0. The van der Waals surface area contributed by atoms with E-state index in [4.69, 9.17) is 0 Å². The summed E-state index contributed by atoms with van der Waals surface area (Å²) in [6.45, 7) is 0.888.